The third kappa shape index (κ3) is 3.06. The molecule has 0 aromatic carbocycles. The first kappa shape index (κ1) is 11.1. The third-order valence-corrected chi connectivity index (χ3v) is 1.66. The van der Waals surface area contributed by atoms with Crippen LogP contribution in [0.3, 0.4) is 0 Å². The SMILES string of the molecule is CC(Oc1cccc(Cl)n1)C(F)(F)F. The molecule has 0 aliphatic heterocycles. The molecule has 0 spiro atoms. The van der Waals surface area contributed by atoms with E-state index in [2.05, 4.69) is 9.72 Å². The van der Waals surface area contributed by atoms with Gasteiger partial charge in [0.25, 0.3) is 0 Å². The average Bonchev–Trinajstić information content (AvgIpc) is 2.02. The number of pyridine rings is 1. The van der Waals surface area contributed by atoms with Crippen LogP contribution in [-0.4, -0.2) is 17.3 Å². The van der Waals surface area contributed by atoms with E-state index in [0.717, 1.165) is 6.92 Å². The fourth-order valence-corrected chi connectivity index (χ4v) is 0.859. The van der Waals surface area contributed by atoms with Gasteiger partial charge in [-0.2, -0.15) is 13.2 Å². The van der Waals surface area contributed by atoms with Gasteiger partial charge in [0.2, 0.25) is 5.88 Å². The molecule has 0 fully saturated rings. The molecule has 0 amide bonds. The van der Waals surface area contributed by atoms with Gasteiger partial charge in [-0.05, 0) is 13.0 Å². The Labute approximate surface area is 83.7 Å². The van der Waals surface area contributed by atoms with Crippen LogP contribution in [0.5, 0.6) is 5.88 Å². The van der Waals surface area contributed by atoms with Gasteiger partial charge in [-0.3, -0.25) is 0 Å². The number of halogens is 4. The van der Waals surface area contributed by atoms with Crippen molar-refractivity contribution >= 4 is 11.6 Å². The normalized spacial score (nSPS) is 13.8. The molecule has 0 aliphatic carbocycles. The van der Waals surface area contributed by atoms with E-state index in [9.17, 15) is 13.2 Å². The van der Waals surface area contributed by atoms with Crippen molar-refractivity contribution in [2.24, 2.45) is 0 Å². The van der Waals surface area contributed by atoms with Crippen LogP contribution in [0.1, 0.15) is 6.92 Å². The summed E-state index contributed by atoms with van der Waals surface area (Å²) in [6, 6.07) is 4.23. The fraction of sp³-hybridized carbons (Fsp3) is 0.375. The molecule has 6 heteroatoms. The molecular weight excluding hydrogens is 219 g/mol. The van der Waals surface area contributed by atoms with Crippen molar-refractivity contribution in [1.29, 1.82) is 0 Å². The maximum absolute atomic E-state index is 12.0. The molecule has 0 saturated carbocycles. The second-order valence-corrected chi connectivity index (χ2v) is 2.99. The first-order valence-electron chi connectivity index (χ1n) is 3.75. The maximum Gasteiger partial charge on any atom is 0.425 e. The summed E-state index contributed by atoms with van der Waals surface area (Å²) < 4.78 is 40.7. The molecule has 1 atom stereocenters. The van der Waals surface area contributed by atoms with Gasteiger partial charge < -0.3 is 4.74 Å². The largest absolute Gasteiger partial charge is 0.465 e. The number of alkyl halides is 3. The summed E-state index contributed by atoms with van der Waals surface area (Å²) in [6.45, 7) is 0.905. The minimum absolute atomic E-state index is 0.0943. The van der Waals surface area contributed by atoms with Gasteiger partial charge in [-0.15, -0.1) is 0 Å². The van der Waals surface area contributed by atoms with Crippen LogP contribution in [0.2, 0.25) is 5.15 Å². The summed E-state index contributed by atoms with van der Waals surface area (Å²) in [6.07, 6.45) is -6.29. The van der Waals surface area contributed by atoms with E-state index >= 15 is 0 Å². The molecule has 0 bridgehead atoms. The predicted octanol–water partition coefficient (Wildman–Crippen LogP) is 3.06. The van der Waals surface area contributed by atoms with E-state index in [1.54, 1.807) is 0 Å². The van der Waals surface area contributed by atoms with Crippen molar-refractivity contribution in [1.82, 2.24) is 4.98 Å². The van der Waals surface area contributed by atoms with Gasteiger partial charge in [-0.25, -0.2) is 4.98 Å². The Morgan fingerprint density at radius 1 is 1.43 bits per heavy atom. The standard InChI is InChI=1S/C8H7ClF3NO/c1-5(8(10,11)12)14-7-4-2-3-6(9)13-7/h2-5H,1H3. The first-order valence-corrected chi connectivity index (χ1v) is 4.13. The Bertz CT molecular complexity index is 316. The van der Waals surface area contributed by atoms with E-state index in [4.69, 9.17) is 11.6 Å². The summed E-state index contributed by atoms with van der Waals surface area (Å²) in [5.74, 6) is -0.137. The highest BCUT2D eigenvalue weighted by Crippen LogP contribution is 2.24. The molecule has 0 radical (unpaired) electrons. The Morgan fingerprint density at radius 3 is 2.57 bits per heavy atom. The molecule has 1 unspecified atom stereocenters. The number of aromatic nitrogens is 1. The molecule has 0 aliphatic rings. The van der Waals surface area contributed by atoms with Crippen LogP contribution in [0.15, 0.2) is 18.2 Å². The molecule has 1 aromatic rings. The van der Waals surface area contributed by atoms with Gasteiger partial charge in [-0.1, -0.05) is 17.7 Å². The lowest BCUT2D eigenvalue weighted by Crippen LogP contribution is -2.31. The van der Waals surface area contributed by atoms with Gasteiger partial charge in [0.15, 0.2) is 6.10 Å². The van der Waals surface area contributed by atoms with Gasteiger partial charge in [0, 0.05) is 6.07 Å². The van der Waals surface area contributed by atoms with Crippen LogP contribution in [-0.2, 0) is 0 Å². The minimum atomic E-state index is -4.40. The van der Waals surface area contributed by atoms with Gasteiger partial charge in [0.1, 0.15) is 5.15 Å². The highest BCUT2D eigenvalue weighted by molar-refractivity contribution is 6.29. The summed E-state index contributed by atoms with van der Waals surface area (Å²) in [5, 5.41) is 0.0943. The van der Waals surface area contributed by atoms with E-state index in [1.165, 1.54) is 18.2 Å². The van der Waals surface area contributed by atoms with Crippen molar-refractivity contribution in [2.45, 2.75) is 19.2 Å². The molecular formula is C8H7ClF3NO. The Morgan fingerprint density at radius 2 is 2.07 bits per heavy atom. The van der Waals surface area contributed by atoms with Crippen molar-refractivity contribution in [3.63, 3.8) is 0 Å². The van der Waals surface area contributed by atoms with E-state index in [-0.39, 0.29) is 11.0 Å². The van der Waals surface area contributed by atoms with E-state index in [1.807, 2.05) is 0 Å². The molecule has 0 saturated heterocycles. The van der Waals surface area contributed by atoms with Gasteiger partial charge in [0.05, 0.1) is 0 Å². The lowest BCUT2D eigenvalue weighted by molar-refractivity contribution is -0.189. The Hall–Kier alpha value is -0.970. The third-order valence-electron chi connectivity index (χ3n) is 1.45. The Kier molecular flexibility index (Phi) is 3.21. The van der Waals surface area contributed by atoms with Crippen molar-refractivity contribution in [2.75, 3.05) is 0 Å². The van der Waals surface area contributed by atoms with E-state index < -0.39 is 12.3 Å². The summed E-state index contributed by atoms with van der Waals surface area (Å²) in [5.41, 5.74) is 0. The summed E-state index contributed by atoms with van der Waals surface area (Å²) >= 11 is 5.47. The lowest BCUT2D eigenvalue weighted by Gasteiger charge is -2.16. The fourth-order valence-electron chi connectivity index (χ4n) is 0.703. The second-order valence-electron chi connectivity index (χ2n) is 2.60. The Balaban J connectivity index is 2.70. The average molecular weight is 226 g/mol. The van der Waals surface area contributed by atoms with Crippen LogP contribution in [0.4, 0.5) is 13.2 Å². The molecule has 0 N–H and O–H groups in total. The number of ether oxygens (including phenoxy) is 1. The molecule has 1 aromatic heterocycles. The zero-order chi connectivity index (χ0) is 10.8. The molecule has 14 heavy (non-hydrogen) atoms. The highest BCUT2D eigenvalue weighted by Gasteiger charge is 2.38. The molecule has 1 heterocycles. The maximum atomic E-state index is 12.0. The number of hydrogen-bond donors (Lipinski definition) is 0. The zero-order valence-electron chi connectivity index (χ0n) is 7.18. The smallest absolute Gasteiger partial charge is 0.425 e. The predicted molar refractivity (Wildman–Crippen MR) is 45.4 cm³/mol. The van der Waals surface area contributed by atoms with Crippen LogP contribution in [0.25, 0.3) is 0 Å². The monoisotopic (exact) mass is 225 g/mol. The minimum Gasteiger partial charge on any atom is -0.465 e. The highest BCUT2D eigenvalue weighted by atomic mass is 35.5. The van der Waals surface area contributed by atoms with Crippen LogP contribution >= 0.6 is 11.6 Å². The second kappa shape index (κ2) is 4.04. The van der Waals surface area contributed by atoms with Crippen LogP contribution in [0, 0.1) is 0 Å². The molecule has 1 rings (SSSR count). The summed E-state index contributed by atoms with van der Waals surface area (Å²) in [4.78, 5) is 3.57. The molecule has 78 valence electrons. The lowest BCUT2D eigenvalue weighted by atomic mass is 10.4. The van der Waals surface area contributed by atoms with Crippen molar-refractivity contribution in [3.8, 4) is 5.88 Å². The van der Waals surface area contributed by atoms with Crippen molar-refractivity contribution < 1.29 is 17.9 Å². The topological polar surface area (TPSA) is 22.1 Å². The quantitative estimate of drug-likeness (QED) is 0.722. The zero-order valence-corrected chi connectivity index (χ0v) is 7.93. The number of hydrogen-bond acceptors (Lipinski definition) is 2. The van der Waals surface area contributed by atoms with Crippen LogP contribution < -0.4 is 4.74 Å². The molecule has 2 nitrogen and oxygen atoms in total. The number of rotatable bonds is 2. The number of nitrogens with zero attached hydrogens (tertiary/aromatic N) is 1. The van der Waals surface area contributed by atoms with Gasteiger partial charge >= 0.3 is 6.18 Å². The van der Waals surface area contributed by atoms with E-state index in [0.29, 0.717) is 0 Å². The first-order chi connectivity index (χ1) is 6.39. The van der Waals surface area contributed by atoms with Crippen molar-refractivity contribution in [3.05, 3.63) is 23.4 Å². The summed E-state index contributed by atoms with van der Waals surface area (Å²) in [7, 11) is 0.